The Kier molecular flexibility index (Phi) is 8.40. The Hall–Kier alpha value is -0.0800. The summed E-state index contributed by atoms with van der Waals surface area (Å²) in [6.45, 7) is 4.86. The lowest BCUT2D eigenvalue weighted by Crippen LogP contribution is -2.47. The summed E-state index contributed by atoms with van der Waals surface area (Å²) in [7, 11) is 1.89. The predicted molar refractivity (Wildman–Crippen MR) is 104 cm³/mol. The van der Waals surface area contributed by atoms with Gasteiger partial charge in [0.1, 0.15) is 0 Å². The highest BCUT2D eigenvalue weighted by Gasteiger charge is 2.25. The minimum Gasteiger partial charge on any atom is -0.376 e. The second-order valence-corrected chi connectivity index (χ2v) is 6.88. The second-order valence-electron chi connectivity index (χ2n) is 6.88. The van der Waals surface area contributed by atoms with Crippen LogP contribution in [0.1, 0.15) is 44.9 Å². The van der Waals surface area contributed by atoms with Crippen molar-refractivity contribution in [3.8, 4) is 0 Å². The van der Waals surface area contributed by atoms with Crippen LogP contribution < -0.4 is 5.32 Å². The minimum absolute atomic E-state index is 0. The normalized spacial score (nSPS) is 26.7. The number of guanidine groups is 1. The lowest BCUT2D eigenvalue weighted by Gasteiger charge is -2.35. The van der Waals surface area contributed by atoms with Crippen LogP contribution in [-0.4, -0.2) is 63.0 Å². The highest BCUT2D eigenvalue weighted by molar-refractivity contribution is 14.0. The molecule has 1 saturated carbocycles. The zero-order valence-corrected chi connectivity index (χ0v) is 16.7. The summed E-state index contributed by atoms with van der Waals surface area (Å²) >= 11 is 0. The molecule has 3 fully saturated rings. The molecule has 0 aromatic carbocycles. The van der Waals surface area contributed by atoms with E-state index in [0.29, 0.717) is 12.2 Å². The van der Waals surface area contributed by atoms with Gasteiger partial charge in [0.15, 0.2) is 5.96 Å². The fourth-order valence-corrected chi connectivity index (χ4v) is 3.31. The van der Waals surface area contributed by atoms with Crippen LogP contribution in [0.4, 0.5) is 0 Å². The van der Waals surface area contributed by atoms with E-state index in [1.165, 1.54) is 25.7 Å². The molecular weight excluding hydrogens is 405 g/mol. The summed E-state index contributed by atoms with van der Waals surface area (Å²) in [5, 5.41) is 3.51. The Bertz CT molecular complexity index is 363. The summed E-state index contributed by atoms with van der Waals surface area (Å²) in [5.41, 5.74) is 0. The molecule has 1 atom stereocenters. The van der Waals surface area contributed by atoms with Gasteiger partial charge in [-0.3, -0.25) is 4.99 Å². The van der Waals surface area contributed by atoms with Crippen molar-refractivity contribution in [3.05, 3.63) is 0 Å². The Morgan fingerprint density at radius 3 is 2.57 bits per heavy atom. The zero-order chi connectivity index (χ0) is 15.2. The molecule has 0 aromatic heterocycles. The van der Waals surface area contributed by atoms with Gasteiger partial charge in [0, 0.05) is 33.3 Å². The van der Waals surface area contributed by atoms with Gasteiger partial charge in [0.2, 0.25) is 0 Å². The predicted octanol–water partition coefficient (Wildman–Crippen LogP) is 2.64. The maximum atomic E-state index is 6.08. The quantitative estimate of drug-likeness (QED) is 0.408. The summed E-state index contributed by atoms with van der Waals surface area (Å²) in [5.74, 6) is 1.95. The summed E-state index contributed by atoms with van der Waals surface area (Å²) in [6, 6.07) is 0. The van der Waals surface area contributed by atoms with Crippen molar-refractivity contribution in [1.29, 1.82) is 0 Å². The van der Waals surface area contributed by atoms with Gasteiger partial charge in [-0.2, -0.15) is 0 Å². The number of piperidine rings is 1. The van der Waals surface area contributed by atoms with E-state index in [-0.39, 0.29) is 24.0 Å². The van der Waals surface area contributed by atoms with Crippen LogP contribution in [0, 0.1) is 5.92 Å². The number of aliphatic imine (C=N–C) groups is 1. The van der Waals surface area contributed by atoms with Crippen LogP contribution in [0.3, 0.4) is 0 Å². The molecule has 0 amide bonds. The minimum atomic E-state index is 0. The number of likely N-dealkylation sites (tertiary alicyclic amines) is 1. The Labute approximate surface area is 157 Å². The van der Waals surface area contributed by atoms with Gasteiger partial charge in [0.05, 0.1) is 18.8 Å². The first-order chi connectivity index (χ1) is 10.8. The van der Waals surface area contributed by atoms with E-state index in [1.807, 2.05) is 7.05 Å². The van der Waals surface area contributed by atoms with Crippen LogP contribution in [0.5, 0.6) is 0 Å². The maximum Gasteiger partial charge on any atom is 0.193 e. The Morgan fingerprint density at radius 2 is 1.96 bits per heavy atom. The van der Waals surface area contributed by atoms with Gasteiger partial charge in [-0.15, -0.1) is 24.0 Å². The molecule has 0 bridgehead atoms. The first-order valence-corrected chi connectivity index (χ1v) is 9.04. The van der Waals surface area contributed by atoms with E-state index in [1.54, 1.807) is 0 Å². The van der Waals surface area contributed by atoms with Gasteiger partial charge < -0.3 is 19.7 Å². The molecule has 23 heavy (non-hydrogen) atoms. The van der Waals surface area contributed by atoms with Crippen LogP contribution in [0.15, 0.2) is 4.99 Å². The number of hydrogen-bond donors (Lipinski definition) is 1. The number of rotatable bonds is 5. The fraction of sp³-hybridized carbons (Fsp3) is 0.941. The van der Waals surface area contributed by atoms with Crippen molar-refractivity contribution in [2.45, 2.75) is 57.2 Å². The first kappa shape index (κ1) is 19.2. The summed E-state index contributed by atoms with van der Waals surface area (Å²) in [6.07, 6.45) is 9.33. The summed E-state index contributed by atoms with van der Waals surface area (Å²) in [4.78, 5) is 6.80. The molecule has 134 valence electrons. The SMILES string of the molecule is CN=C(NCC1CC1)N1CCC(OCC2CCCCO2)CC1.I. The topological polar surface area (TPSA) is 46.1 Å². The molecular formula is C17H32IN3O2. The molecule has 3 aliphatic rings. The van der Waals surface area contributed by atoms with Crippen molar-refractivity contribution in [3.63, 3.8) is 0 Å². The van der Waals surface area contributed by atoms with Gasteiger partial charge in [-0.25, -0.2) is 0 Å². The molecule has 2 heterocycles. The van der Waals surface area contributed by atoms with Crippen LogP contribution in [0.25, 0.3) is 0 Å². The lowest BCUT2D eigenvalue weighted by atomic mass is 10.1. The average Bonchev–Trinajstić information content (AvgIpc) is 3.40. The van der Waals surface area contributed by atoms with E-state index in [2.05, 4.69) is 15.2 Å². The van der Waals surface area contributed by atoms with Gasteiger partial charge >= 0.3 is 0 Å². The third-order valence-corrected chi connectivity index (χ3v) is 4.99. The van der Waals surface area contributed by atoms with Gasteiger partial charge in [-0.1, -0.05) is 0 Å². The first-order valence-electron chi connectivity index (χ1n) is 9.04. The molecule has 0 aromatic rings. The molecule has 1 N–H and O–H groups in total. The van der Waals surface area contributed by atoms with E-state index in [9.17, 15) is 0 Å². The lowest BCUT2D eigenvalue weighted by molar-refractivity contribution is -0.0721. The number of nitrogens with one attached hydrogen (secondary N) is 1. The van der Waals surface area contributed by atoms with Crippen molar-refractivity contribution in [1.82, 2.24) is 10.2 Å². The largest absolute Gasteiger partial charge is 0.376 e. The Morgan fingerprint density at radius 1 is 1.17 bits per heavy atom. The highest BCUT2D eigenvalue weighted by atomic mass is 127. The zero-order valence-electron chi connectivity index (χ0n) is 14.3. The molecule has 3 rings (SSSR count). The molecule has 6 heteroatoms. The van der Waals surface area contributed by atoms with Crippen LogP contribution in [-0.2, 0) is 9.47 Å². The molecule has 2 aliphatic heterocycles. The molecule has 1 unspecified atom stereocenters. The van der Waals surface area contributed by atoms with E-state index >= 15 is 0 Å². The smallest absolute Gasteiger partial charge is 0.193 e. The van der Waals surface area contributed by atoms with E-state index in [4.69, 9.17) is 9.47 Å². The van der Waals surface area contributed by atoms with Crippen molar-refractivity contribution in [2.24, 2.45) is 10.9 Å². The van der Waals surface area contributed by atoms with Crippen molar-refractivity contribution >= 4 is 29.9 Å². The third kappa shape index (κ3) is 6.38. The average molecular weight is 437 g/mol. The van der Waals surface area contributed by atoms with Gasteiger partial charge in [-0.05, 0) is 50.9 Å². The van der Waals surface area contributed by atoms with Crippen LogP contribution in [0.2, 0.25) is 0 Å². The monoisotopic (exact) mass is 437 g/mol. The molecule has 2 saturated heterocycles. The van der Waals surface area contributed by atoms with Crippen LogP contribution >= 0.6 is 24.0 Å². The van der Waals surface area contributed by atoms with E-state index in [0.717, 1.165) is 64.0 Å². The number of halogens is 1. The number of ether oxygens (including phenoxy) is 2. The fourth-order valence-electron chi connectivity index (χ4n) is 3.31. The third-order valence-electron chi connectivity index (χ3n) is 4.99. The highest BCUT2D eigenvalue weighted by Crippen LogP contribution is 2.27. The van der Waals surface area contributed by atoms with Gasteiger partial charge in [0.25, 0.3) is 0 Å². The molecule has 5 nitrogen and oxygen atoms in total. The second kappa shape index (κ2) is 10.0. The van der Waals surface area contributed by atoms with Crippen molar-refractivity contribution < 1.29 is 9.47 Å². The number of nitrogens with zero attached hydrogens (tertiary/aromatic N) is 2. The molecule has 0 spiro atoms. The molecule has 0 radical (unpaired) electrons. The standard InChI is InChI=1S/C17H31N3O2.HI/c1-18-17(19-12-14-5-6-14)20-9-7-15(8-10-20)22-13-16-4-2-3-11-21-16;/h14-16H,2-13H2,1H3,(H,18,19);1H. The Balaban J connectivity index is 0.00000192. The summed E-state index contributed by atoms with van der Waals surface area (Å²) < 4.78 is 11.8. The van der Waals surface area contributed by atoms with Crippen molar-refractivity contribution in [2.75, 3.05) is 39.9 Å². The maximum absolute atomic E-state index is 6.08. The number of hydrogen-bond acceptors (Lipinski definition) is 3. The molecule has 1 aliphatic carbocycles. The van der Waals surface area contributed by atoms with E-state index < -0.39 is 0 Å².